The molecule has 1 unspecified atom stereocenters. The van der Waals surface area contributed by atoms with Crippen LogP contribution >= 0.6 is 0 Å². The number of hydrazine groups is 1. The summed E-state index contributed by atoms with van der Waals surface area (Å²) in [6.07, 6.45) is 0. The van der Waals surface area contributed by atoms with E-state index in [1.54, 1.807) is 13.0 Å². The van der Waals surface area contributed by atoms with Crippen molar-refractivity contribution in [3.63, 3.8) is 0 Å². The van der Waals surface area contributed by atoms with Crippen LogP contribution in [0.25, 0.3) is 0 Å². The molecule has 1 heterocycles. The van der Waals surface area contributed by atoms with Crippen molar-refractivity contribution in [1.82, 2.24) is 15.3 Å². The lowest BCUT2D eigenvalue weighted by atomic mass is 10.2. The third kappa shape index (κ3) is 5.55. The molecule has 1 amide bonds. The molecule has 0 aromatic carbocycles. The number of carbonyl (C=O) groups is 1. The van der Waals surface area contributed by atoms with Gasteiger partial charge in [0.15, 0.2) is 0 Å². The molecule has 0 aliphatic carbocycles. The van der Waals surface area contributed by atoms with Crippen LogP contribution in [-0.4, -0.2) is 28.5 Å². The summed E-state index contributed by atoms with van der Waals surface area (Å²) in [7, 11) is 0. The molecule has 0 saturated heterocycles. The Kier molecular flexibility index (Phi) is 6.36. The maximum Gasteiger partial charge on any atom is 0.242 e. The second-order valence-corrected chi connectivity index (χ2v) is 5.80. The quantitative estimate of drug-likeness (QED) is 0.448. The summed E-state index contributed by atoms with van der Waals surface area (Å²) in [6, 6.07) is 1.29. The normalized spacial score (nSPS) is 12.4. The Morgan fingerprint density at radius 1 is 1.19 bits per heavy atom. The van der Waals surface area contributed by atoms with Gasteiger partial charge in [0.2, 0.25) is 5.91 Å². The number of aromatic nitrogens is 2. The van der Waals surface area contributed by atoms with E-state index < -0.39 is 0 Å². The molecule has 0 spiro atoms. The van der Waals surface area contributed by atoms with Crippen molar-refractivity contribution in [1.29, 1.82) is 0 Å². The second kappa shape index (κ2) is 7.78. The molecule has 5 N–H and O–H groups in total. The first kappa shape index (κ1) is 17.2. The fourth-order valence-electron chi connectivity index (χ4n) is 1.62. The zero-order valence-corrected chi connectivity index (χ0v) is 13.4. The van der Waals surface area contributed by atoms with E-state index in [1.807, 2.05) is 13.8 Å². The Morgan fingerprint density at radius 2 is 1.81 bits per heavy atom. The molecule has 118 valence electrons. The molecule has 1 aromatic rings. The number of amides is 1. The largest absolute Gasteiger partial charge is 0.358 e. The summed E-state index contributed by atoms with van der Waals surface area (Å²) in [5.74, 6) is 7.71. The van der Waals surface area contributed by atoms with Crippen molar-refractivity contribution in [2.45, 2.75) is 46.6 Å². The molecule has 1 rings (SSSR count). The van der Waals surface area contributed by atoms with Crippen LogP contribution < -0.4 is 21.9 Å². The third-order valence-electron chi connectivity index (χ3n) is 2.85. The monoisotopic (exact) mass is 294 g/mol. The Balaban J connectivity index is 2.77. The first-order valence-corrected chi connectivity index (χ1v) is 7.23. The Labute approximate surface area is 126 Å². The number of nitrogens with zero attached hydrogens (tertiary/aromatic N) is 2. The molecular formula is C14H26N6O. The van der Waals surface area contributed by atoms with E-state index >= 15 is 0 Å². The summed E-state index contributed by atoms with van der Waals surface area (Å²) in [4.78, 5) is 20.6. The van der Waals surface area contributed by atoms with Gasteiger partial charge in [0.25, 0.3) is 0 Å². The van der Waals surface area contributed by atoms with Crippen molar-refractivity contribution >= 4 is 17.5 Å². The first-order chi connectivity index (χ1) is 9.83. The van der Waals surface area contributed by atoms with Crippen LogP contribution in [0.1, 0.15) is 46.4 Å². The number of anilines is 2. The maximum absolute atomic E-state index is 12.0. The minimum atomic E-state index is -0.385. The van der Waals surface area contributed by atoms with Gasteiger partial charge in [0.1, 0.15) is 23.5 Å². The zero-order chi connectivity index (χ0) is 16.0. The van der Waals surface area contributed by atoms with Gasteiger partial charge in [-0.05, 0) is 12.8 Å². The van der Waals surface area contributed by atoms with Crippen molar-refractivity contribution in [2.75, 3.05) is 17.3 Å². The third-order valence-corrected chi connectivity index (χ3v) is 2.85. The molecule has 0 aliphatic heterocycles. The van der Waals surface area contributed by atoms with Crippen LogP contribution in [0.4, 0.5) is 11.6 Å². The summed E-state index contributed by atoms with van der Waals surface area (Å²) in [6.45, 7) is 10.5. The molecule has 21 heavy (non-hydrogen) atoms. The topological polar surface area (TPSA) is 105 Å². The van der Waals surface area contributed by atoms with Crippen LogP contribution in [0.3, 0.4) is 0 Å². The van der Waals surface area contributed by atoms with Crippen LogP contribution in [0.5, 0.6) is 0 Å². The molecule has 0 bridgehead atoms. The van der Waals surface area contributed by atoms with E-state index in [9.17, 15) is 4.79 Å². The van der Waals surface area contributed by atoms with Gasteiger partial charge in [-0.1, -0.05) is 27.7 Å². The summed E-state index contributed by atoms with van der Waals surface area (Å²) >= 11 is 0. The van der Waals surface area contributed by atoms with Crippen LogP contribution in [0.2, 0.25) is 0 Å². The lowest BCUT2D eigenvalue weighted by Crippen LogP contribution is -2.39. The number of nitrogens with two attached hydrogens (primary N) is 1. The fraction of sp³-hybridized carbons (Fsp3) is 0.643. The van der Waals surface area contributed by atoms with Gasteiger partial charge >= 0.3 is 0 Å². The van der Waals surface area contributed by atoms with Crippen molar-refractivity contribution in [3.8, 4) is 0 Å². The Hall–Kier alpha value is -1.89. The minimum Gasteiger partial charge on any atom is -0.358 e. The van der Waals surface area contributed by atoms with E-state index in [4.69, 9.17) is 5.84 Å². The molecule has 0 fully saturated rings. The van der Waals surface area contributed by atoms with Crippen molar-refractivity contribution in [2.24, 2.45) is 11.8 Å². The highest BCUT2D eigenvalue weighted by molar-refractivity contribution is 5.83. The Morgan fingerprint density at radius 3 is 2.33 bits per heavy atom. The van der Waals surface area contributed by atoms with Crippen LogP contribution in [0, 0.1) is 5.92 Å². The number of hydrogen-bond acceptors (Lipinski definition) is 6. The lowest BCUT2D eigenvalue weighted by molar-refractivity contribution is -0.121. The van der Waals surface area contributed by atoms with Crippen LogP contribution in [-0.2, 0) is 4.79 Å². The number of nitrogens with one attached hydrogen (secondary N) is 3. The number of hydrogen-bond donors (Lipinski definition) is 4. The average Bonchev–Trinajstić information content (AvgIpc) is 2.43. The maximum atomic E-state index is 12.0. The van der Waals surface area contributed by atoms with Crippen molar-refractivity contribution in [3.05, 3.63) is 11.9 Å². The predicted octanol–water partition coefficient (Wildman–Crippen LogP) is 1.46. The number of nitrogen functional groups attached to an aromatic ring is 1. The van der Waals surface area contributed by atoms with Gasteiger partial charge in [0, 0.05) is 18.5 Å². The highest BCUT2D eigenvalue weighted by atomic mass is 16.2. The van der Waals surface area contributed by atoms with Gasteiger partial charge in [-0.3, -0.25) is 4.79 Å². The van der Waals surface area contributed by atoms with E-state index in [2.05, 4.69) is 39.9 Å². The molecule has 7 nitrogen and oxygen atoms in total. The second-order valence-electron chi connectivity index (χ2n) is 5.80. The van der Waals surface area contributed by atoms with Gasteiger partial charge < -0.3 is 16.1 Å². The molecule has 0 saturated carbocycles. The smallest absolute Gasteiger partial charge is 0.242 e. The minimum absolute atomic E-state index is 0.0596. The van der Waals surface area contributed by atoms with E-state index in [0.717, 1.165) is 0 Å². The molecule has 7 heteroatoms. The number of rotatable bonds is 7. The predicted molar refractivity (Wildman–Crippen MR) is 84.9 cm³/mol. The van der Waals surface area contributed by atoms with Gasteiger partial charge in [-0.25, -0.2) is 15.8 Å². The van der Waals surface area contributed by atoms with Crippen LogP contribution in [0.15, 0.2) is 6.07 Å². The van der Waals surface area contributed by atoms with E-state index in [-0.39, 0.29) is 17.9 Å². The molecule has 0 radical (unpaired) electrons. The van der Waals surface area contributed by atoms with E-state index in [0.29, 0.717) is 29.9 Å². The standard InChI is InChI=1S/C14H26N6O/c1-8(2)7-16-14(21)10(5)17-11-6-12(20-15)19-13(18-11)9(3)4/h6,8-10H,7,15H2,1-5H3,(H,16,21)(H2,17,18,19,20). The summed E-state index contributed by atoms with van der Waals surface area (Å²) in [5.41, 5.74) is 2.51. The fourth-order valence-corrected chi connectivity index (χ4v) is 1.62. The molecule has 0 aliphatic rings. The first-order valence-electron chi connectivity index (χ1n) is 7.23. The van der Waals surface area contributed by atoms with Gasteiger partial charge in [-0.15, -0.1) is 0 Å². The molecular weight excluding hydrogens is 268 g/mol. The Bertz CT molecular complexity index is 475. The molecule has 1 aromatic heterocycles. The number of carbonyl (C=O) groups excluding carboxylic acids is 1. The zero-order valence-electron chi connectivity index (χ0n) is 13.4. The lowest BCUT2D eigenvalue weighted by Gasteiger charge is -2.17. The van der Waals surface area contributed by atoms with E-state index in [1.165, 1.54) is 0 Å². The van der Waals surface area contributed by atoms with Crippen molar-refractivity contribution < 1.29 is 4.79 Å². The summed E-state index contributed by atoms with van der Waals surface area (Å²) in [5, 5.41) is 5.96. The SMILES string of the molecule is CC(C)CNC(=O)C(C)Nc1cc(NN)nc(C(C)C)n1. The van der Waals surface area contributed by atoms with Gasteiger partial charge in [0.05, 0.1) is 0 Å². The average molecular weight is 294 g/mol. The highest BCUT2D eigenvalue weighted by Gasteiger charge is 2.15. The highest BCUT2D eigenvalue weighted by Crippen LogP contribution is 2.16. The summed E-state index contributed by atoms with van der Waals surface area (Å²) < 4.78 is 0. The van der Waals surface area contributed by atoms with Gasteiger partial charge in [-0.2, -0.15) is 0 Å². The molecule has 1 atom stereocenters.